The van der Waals surface area contributed by atoms with Gasteiger partial charge in [0.25, 0.3) is 0 Å². The minimum atomic E-state index is 0.270. The molecule has 37 heavy (non-hydrogen) atoms. The average Bonchev–Trinajstić information content (AvgIpc) is 3.06. The number of aromatic nitrogens is 6. The van der Waals surface area contributed by atoms with Gasteiger partial charge in [-0.05, 0) is 105 Å². The SMILES string of the molecule is CCCN[C@H]1CCc2ccc(Nc3nc(N)n(-c4cc5c(nn4)-c4cccnc4CCC5)n3)cc2CC1. The molecule has 3 heterocycles. The van der Waals surface area contributed by atoms with Gasteiger partial charge in [0, 0.05) is 29.2 Å². The van der Waals surface area contributed by atoms with Crippen LogP contribution in [-0.2, 0) is 25.7 Å². The second-order valence-corrected chi connectivity index (χ2v) is 9.97. The van der Waals surface area contributed by atoms with Gasteiger partial charge in [-0.3, -0.25) is 4.98 Å². The molecule has 190 valence electrons. The van der Waals surface area contributed by atoms with Gasteiger partial charge in [0.1, 0.15) is 0 Å². The van der Waals surface area contributed by atoms with Crippen LogP contribution in [0.5, 0.6) is 0 Å². The van der Waals surface area contributed by atoms with Crippen LogP contribution in [0.3, 0.4) is 0 Å². The number of hydrogen-bond donors (Lipinski definition) is 3. The maximum Gasteiger partial charge on any atom is 0.248 e. The first-order chi connectivity index (χ1) is 18.2. The Morgan fingerprint density at radius 3 is 2.78 bits per heavy atom. The standard InChI is InChI=1S/C28H33N9/c1-2-14-30-21-11-8-18-9-13-22(16-19(18)10-12-21)32-28-33-27(29)37(36-28)25-17-20-5-3-7-24-23(6-4-15-31-24)26(20)35-34-25/h4,6,9,13,15-17,21,30H,2-3,5,7-8,10-12,14H2,1H3,(H3,29,32,33,36)/t21-/m0/s1. The lowest BCUT2D eigenvalue weighted by atomic mass is 10.0. The summed E-state index contributed by atoms with van der Waals surface area (Å²) in [4.78, 5) is 8.99. The van der Waals surface area contributed by atoms with Crippen molar-refractivity contribution < 1.29 is 0 Å². The summed E-state index contributed by atoms with van der Waals surface area (Å²) in [6.07, 6.45) is 10.4. The number of anilines is 3. The first kappa shape index (κ1) is 23.5. The summed E-state index contributed by atoms with van der Waals surface area (Å²) in [6.45, 7) is 3.30. The van der Waals surface area contributed by atoms with Crippen molar-refractivity contribution in [2.45, 2.75) is 64.3 Å². The molecular formula is C28H33N9. The lowest BCUT2D eigenvalue weighted by molar-refractivity contribution is 0.464. The Morgan fingerprint density at radius 2 is 1.89 bits per heavy atom. The molecule has 0 amide bonds. The third-order valence-electron chi connectivity index (χ3n) is 7.38. The average molecular weight is 496 g/mol. The van der Waals surface area contributed by atoms with Crippen molar-refractivity contribution in [3.05, 3.63) is 65.0 Å². The van der Waals surface area contributed by atoms with Crippen molar-refractivity contribution >= 4 is 17.6 Å². The van der Waals surface area contributed by atoms with Gasteiger partial charge in [-0.15, -0.1) is 15.3 Å². The number of pyridine rings is 1. The van der Waals surface area contributed by atoms with E-state index in [2.05, 4.69) is 67.1 Å². The van der Waals surface area contributed by atoms with Gasteiger partial charge in [-0.2, -0.15) is 9.67 Å². The number of hydrogen-bond acceptors (Lipinski definition) is 8. The van der Waals surface area contributed by atoms with Crippen LogP contribution in [0.25, 0.3) is 17.1 Å². The van der Waals surface area contributed by atoms with Gasteiger partial charge >= 0.3 is 0 Å². The largest absolute Gasteiger partial charge is 0.368 e. The summed E-state index contributed by atoms with van der Waals surface area (Å²) in [7, 11) is 0. The molecular weight excluding hydrogens is 462 g/mol. The van der Waals surface area contributed by atoms with Gasteiger partial charge in [0.2, 0.25) is 11.9 Å². The van der Waals surface area contributed by atoms with Crippen molar-refractivity contribution in [3.8, 4) is 17.1 Å². The molecule has 1 aromatic carbocycles. The fourth-order valence-corrected chi connectivity index (χ4v) is 5.45. The Labute approximate surface area is 216 Å². The van der Waals surface area contributed by atoms with Crippen molar-refractivity contribution in [2.75, 3.05) is 17.6 Å². The van der Waals surface area contributed by atoms with E-state index in [0.29, 0.717) is 17.8 Å². The van der Waals surface area contributed by atoms with Crippen LogP contribution in [0, 0.1) is 0 Å². The predicted octanol–water partition coefficient (Wildman–Crippen LogP) is 4.18. The Hall–Kier alpha value is -3.85. The van der Waals surface area contributed by atoms with E-state index in [1.165, 1.54) is 24.0 Å². The number of fused-ring (bicyclic) bond motifs is 4. The quantitative estimate of drug-likeness (QED) is 0.341. The number of nitrogen functional groups attached to an aromatic ring is 1. The highest BCUT2D eigenvalue weighted by atomic mass is 15.4. The first-order valence-corrected chi connectivity index (χ1v) is 13.3. The monoisotopic (exact) mass is 495 g/mol. The highest BCUT2D eigenvalue weighted by Crippen LogP contribution is 2.30. The van der Waals surface area contributed by atoms with Gasteiger partial charge < -0.3 is 16.4 Å². The molecule has 2 aliphatic carbocycles. The first-order valence-electron chi connectivity index (χ1n) is 13.3. The maximum absolute atomic E-state index is 6.26. The number of benzene rings is 1. The van der Waals surface area contributed by atoms with Crippen LogP contribution in [0.4, 0.5) is 17.6 Å². The molecule has 0 fully saturated rings. The molecule has 4 N–H and O–H groups in total. The van der Waals surface area contributed by atoms with Crippen molar-refractivity contribution in [1.82, 2.24) is 35.3 Å². The molecule has 0 bridgehead atoms. The van der Waals surface area contributed by atoms with E-state index in [4.69, 9.17) is 5.73 Å². The molecule has 3 aromatic heterocycles. The molecule has 0 saturated heterocycles. The van der Waals surface area contributed by atoms with Gasteiger partial charge in [-0.25, -0.2) is 0 Å². The number of nitrogens with zero attached hydrogens (tertiary/aromatic N) is 6. The summed E-state index contributed by atoms with van der Waals surface area (Å²) in [5.41, 5.74) is 14.2. The van der Waals surface area contributed by atoms with Crippen molar-refractivity contribution in [1.29, 1.82) is 0 Å². The molecule has 0 saturated carbocycles. The molecule has 6 rings (SSSR count). The van der Waals surface area contributed by atoms with E-state index in [-0.39, 0.29) is 5.95 Å². The normalized spacial score (nSPS) is 16.7. The minimum Gasteiger partial charge on any atom is -0.368 e. The van der Waals surface area contributed by atoms with Crippen LogP contribution in [0.15, 0.2) is 42.6 Å². The fourth-order valence-electron chi connectivity index (χ4n) is 5.45. The molecule has 9 heteroatoms. The minimum absolute atomic E-state index is 0.270. The van der Waals surface area contributed by atoms with Crippen molar-refractivity contribution in [2.24, 2.45) is 0 Å². The Morgan fingerprint density at radius 1 is 1.00 bits per heavy atom. The molecule has 9 nitrogen and oxygen atoms in total. The van der Waals surface area contributed by atoms with Gasteiger partial charge in [-0.1, -0.05) is 13.0 Å². The zero-order valence-electron chi connectivity index (χ0n) is 21.2. The van der Waals surface area contributed by atoms with Crippen LogP contribution < -0.4 is 16.4 Å². The van der Waals surface area contributed by atoms with E-state index in [1.807, 2.05) is 18.3 Å². The highest BCUT2D eigenvalue weighted by Gasteiger charge is 2.20. The summed E-state index contributed by atoms with van der Waals surface area (Å²) < 4.78 is 1.55. The van der Waals surface area contributed by atoms with Gasteiger partial charge in [0.05, 0.1) is 5.69 Å². The molecule has 0 radical (unpaired) electrons. The summed E-state index contributed by atoms with van der Waals surface area (Å²) in [5, 5.41) is 20.6. The van der Waals surface area contributed by atoms with Crippen LogP contribution in [0.1, 0.15) is 55.0 Å². The number of nitrogens with one attached hydrogen (secondary N) is 2. The second-order valence-electron chi connectivity index (χ2n) is 9.97. The van der Waals surface area contributed by atoms with E-state index in [1.54, 1.807) is 4.68 Å². The molecule has 0 aliphatic heterocycles. The number of aryl methyl sites for hydroxylation is 4. The lowest BCUT2D eigenvalue weighted by Gasteiger charge is -2.15. The smallest absolute Gasteiger partial charge is 0.248 e. The molecule has 0 spiro atoms. The summed E-state index contributed by atoms with van der Waals surface area (Å²) in [5.74, 6) is 1.28. The second kappa shape index (κ2) is 10.3. The molecule has 4 aromatic rings. The highest BCUT2D eigenvalue weighted by molar-refractivity contribution is 5.67. The zero-order valence-corrected chi connectivity index (χ0v) is 21.2. The van der Waals surface area contributed by atoms with E-state index in [0.717, 1.165) is 73.3 Å². The van der Waals surface area contributed by atoms with E-state index >= 15 is 0 Å². The number of rotatable bonds is 6. The number of nitrogens with two attached hydrogens (primary N) is 1. The Balaban J connectivity index is 1.21. The van der Waals surface area contributed by atoms with Crippen LogP contribution >= 0.6 is 0 Å². The topological polar surface area (TPSA) is 119 Å². The maximum atomic E-state index is 6.26. The summed E-state index contributed by atoms with van der Waals surface area (Å²) in [6, 6.07) is 13.2. The Kier molecular flexibility index (Phi) is 6.53. The zero-order chi connectivity index (χ0) is 25.2. The van der Waals surface area contributed by atoms with E-state index < -0.39 is 0 Å². The van der Waals surface area contributed by atoms with E-state index in [9.17, 15) is 0 Å². The predicted molar refractivity (Wildman–Crippen MR) is 145 cm³/mol. The van der Waals surface area contributed by atoms with Gasteiger partial charge in [0.15, 0.2) is 5.82 Å². The van der Waals surface area contributed by atoms with Crippen LogP contribution in [-0.4, -0.2) is 42.5 Å². The Bertz CT molecular complexity index is 1410. The molecule has 0 unspecified atom stereocenters. The summed E-state index contributed by atoms with van der Waals surface area (Å²) >= 11 is 0. The third kappa shape index (κ3) is 4.91. The third-order valence-corrected chi connectivity index (χ3v) is 7.38. The van der Waals surface area contributed by atoms with Crippen molar-refractivity contribution in [3.63, 3.8) is 0 Å². The molecule has 2 aliphatic rings. The lowest BCUT2D eigenvalue weighted by Crippen LogP contribution is -2.29. The van der Waals surface area contributed by atoms with Crippen LogP contribution in [0.2, 0.25) is 0 Å². The molecule has 1 atom stereocenters. The fraction of sp³-hybridized carbons (Fsp3) is 0.393.